The normalized spacial score (nSPS) is 15.0. The molecule has 0 aliphatic rings. The van der Waals surface area contributed by atoms with Crippen LogP contribution in [0.3, 0.4) is 0 Å². The largest absolute Gasteiger partial charge is 0.756 e. The molecular formula is C67H119N2O7P. The highest BCUT2D eigenvalue weighted by molar-refractivity contribution is 7.45. The molecule has 4 atom stereocenters. The molecule has 0 aromatic rings. The maximum absolute atomic E-state index is 13.0. The summed E-state index contributed by atoms with van der Waals surface area (Å²) in [7, 11) is 1.09. The quantitative estimate of drug-likeness (QED) is 0.0239. The van der Waals surface area contributed by atoms with Gasteiger partial charge in [-0.3, -0.25) is 9.36 Å². The fourth-order valence-corrected chi connectivity index (χ4v) is 9.49. The third-order valence-electron chi connectivity index (χ3n) is 13.6. The Balaban J connectivity index is 3.97. The molecule has 9 nitrogen and oxygen atoms in total. The van der Waals surface area contributed by atoms with Crippen LogP contribution in [0.1, 0.15) is 251 Å². The van der Waals surface area contributed by atoms with Gasteiger partial charge in [0.25, 0.3) is 7.82 Å². The first-order valence-corrected chi connectivity index (χ1v) is 32.7. The topological polar surface area (TPSA) is 128 Å². The molecule has 0 fully saturated rings. The molecule has 1 amide bonds. The van der Waals surface area contributed by atoms with Crippen LogP contribution in [0.4, 0.5) is 0 Å². The highest BCUT2D eigenvalue weighted by Gasteiger charge is 2.29. The summed E-state index contributed by atoms with van der Waals surface area (Å²) in [6, 6.07) is -1.10. The molecule has 10 heteroatoms. The minimum absolute atomic E-state index is 0.0527. The van der Waals surface area contributed by atoms with E-state index in [-0.39, 0.29) is 18.9 Å². The van der Waals surface area contributed by atoms with Crippen molar-refractivity contribution in [1.82, 2.24) is 5.32 Å². The molecule has 0 saturated heterocycles. The van der Waals surface area contributed by atoms with Crippen molar-refractivity contribution in [3.05, 3.63) is 109 Å². The van der Waals surface area contributed by atoms with E-state index in [1.807, 2.05) is 28.1 Å². The molecule has 0 aliphatic carbocycles. The van der Waals surface area contributed by atoms with Gasteiger partial charge in [-0.25, -0.2) is 0 Å². The van der Waals surface area contributed by atoms with Crippen LogP contribution in [-0.4, -0.2) is 79.8 Å². The van der Waals surface area contributed by atoms with Crippen LogP contribution in [0.2, 0.25) is 0 Å². The lowest BCUT2D eigenvalue weighted by atomic mass is 10.0. The van der Waals surface area contributed by atoms with E-state index >= 15 is 0 Å². The maximum atomic E-state index is 13.0. The number of aliphatic hydroxyl groups excluding tert-OH is 2. The minimum atomic E-state index is -4.69. The van der Waals surface area contributed by atoms with Crippen LogP contribution in [0.5, 0.6) is 0 Å². The van der Waals surface area contributed by atoms with E-state index in [1.54, 1.807) is 0 Å². The van der Waals surface area contributed by atoms with Crippen molar-refractivity contribution in [2.24, 2.45) is 0 Å². The molecule has 4 unspecified atom stereocenters. The number of aliphatic hydroxyl groups is 2. The van der Waals surface area contributed by atoms with E-state index in [0.717, 1.165) is 89.9 Å². The molecule has 0 saturated carbocycles. The Morgan fingerprint density at radius 2 is 0.844 bits per heavy atom. The second kappa shape index (κ2) is 56.4. The summed E-state index contributed by atoms with van der Waals surface area (Å²) >= 11 is 0. The van der Waals surface area contributed by atoms with Gasteiger partial charge in [0.1, 0.15) is 19.3 Å². The first-order chi connectivity index (χ1) is 37.4. The molecule has 444 valence electrons. The zero-order valence-electron chi connectivity index (χ0n) is 50.2. The van der Waals surface area contributed by atoms with Crippen molar-refractivity contribution < 1.29 is 38.0 Å². The molecule has 0 bridgehead atoms. The average Bonchev–Trinajstić information content (AvgIpc) is 3.39. The summed E-state index contributed by atoms with van der Waals surface area (Å²) in [6.07, 6.45) is 79.2. The number of quaternary nitrogens is 1. The number of phosphoric acid groups is 1. The number of nitrogens with zero attached hydrogens (tertiary/aromatic N) is 1. The number of allylic oxidation sites excluding steroid dienone is 18. The summed E-state index contributed by atoms with van der Waals surface area (Å²) in [5.41, 5.74) is 0. The average molecular weight is 1100 g/mol. The standard InChI is InChI=1S/C67H119N2O7P/c1-6-8-10-12-14-16-18-20-21-22-23-24-25-26-27-28-29-30-31-32-33-34-35-36-37-38-39-40-41-42-43-44-45-46-47-48-50-52-54-56-58-60-66(71)68-64(63-76-77(73,74)75-62-61-69(3,4)5)67(72)65(70)59-57-55-53-51-49-19-17-15-13-11-9-7-2/h7-10,14-17,20-21,23-24,26-27,29-30,51,53,64-65,67,70,72H,6,11-13,18-19,22,25,28,31-50,52,54-63H2,1-5H3,(H-,68,71,73,74)/b9-7+,10-8-,16-14-,17-15+,21-20-,24-23-,27-26-,30-29-,53-51+. The first kappa shape index (κ1) is 74.1. The van der Waals surface area contributed by atoms with Crippen LogP contribution in [0, 0.1) is 0 Å². The SMILES string of the molecule is C/C=C/CC/C=C/CC/C=C/CCCC(O)C(O)C(COP(=O)([O-])OCC[N+](C)(C)C)NC(=O)CCCCCCCCCCCCCCCCCCCCCCCC/C=C\C/C=C\C/C=C\C/C=C\C/C=C\C/C=C\CC. The third-order valence-corrected chi connectivity index (χ3v) is 14.6. The number of hydrogen-bond donors (Lipinski definition) is 3. The summed E-state index contributed by atoms with van der Waals surface area (Å²) in [5, 5.41) is 24.7. The molecule has 0 heterocycles. The van der Waals surface area contributed by atoms with Gasteiger partial charge >= 0.3 is 0 Å². The zero-order chi connectivity index (χ0) is 56.4. The van der Waals surface area contributed by atoms with E-state index in [1.165, 1.54) is 122 Å². The van der Waals surface area contributed by atoms with Gasteiger partial charge in [-0.2, -0.15) is 0 Å². The van der Waals surface area contributed by atoms with Crippen LogP contribution in [-0.2, 0) is 18.4 Å². The van der Waals surface area contributed by atoms with E-state index in [2.05, 4.69) is 122 Å². The van der Waals surface area contributed by atoms with E-state index in [9.17, 15) is 24.5 Å². The molecule has 0 aromatic heterocycles. The Labute approximate surface area is 474 Å². The second-order valence-electron chi connectivity index (χ2n) is 22.2. The van der Waals surface area contributed by atoms with Crippen molar-refractivity contribution in [3.8, 4) is 0 Å². The number of likely N-dealkylation sites (N-methyl/N-ethyl adjacent to an activating group) is 1. The molecule has 0 spiro atoms. The number of carbonyl (C=O) groups is 1. The lowest BCUT2D eigenvalue weighted by Gasteiger charge is -2.31. The predicted octanol–water partition coefficient (Wildman–Crippen LogP) is 17.9. The highest BCUT2D eigenvalue weighted by Crippen LogP contribution is 2.38. The second-order valence-corrected chi connectivity index (χ2v) is 23.6. The van der Waals surface area contributed by atoms with Gasteiger partial charge < -0.3 is 34.0 Å². The number of rotatable bonds is 56. The molecule has 0 aromatic carbocycles. The number of hydrogen-bond acceptors (Lipinski definition) is 7. The Kier molecular flexibility index (Phi) is 54.3. The van der Waals surface area contributed by atoms with E-state index in [4.69, 9.17) is 9.05 Å². The van der Waals surface area contributed by atoms with Crippen molar-refractivity contribution in [3.63, 3.8) is 0 Å². The molecule has 3 N–H and O–H groups in total. The summed E-state index contributed by atoms with van der Waals surface area (Å²) in [6.45, 7) is 4.08. The Morgan fingerprint density at radius 3 is 1.26 bits per heavy atom. The fourth-order valence-electron chi connectivity index (χ4n) is 8.77. The molecule has 0 radical (unpaired) electrons. The number of nitrogens with one attached hydrogen (secondary N) is 1. The third kappa shape index (κ3) is 57.6. The van der Waals surface area contributed by atoms with Crippen molar-refractivity contribution >= 4 is 13.7 Å². The van der Waals surface area contributed by atoms with Crippen LogP contribution in [0.25, 0.3) is 0 Å². The maximum Gasteiger partial charge on any atom is 0.268 e. The van der Waals surface area contributed by atoms with E-state index in [0.29, 0.717) is 30.3 Å². The lowest BCUT2D eigenvalue weighted by Crippen LogP contribution is -2.51. The van der Waals surface area contributed by atoms with E-state index < -0.39 is 32.7 Å². The lowest BCUT2D eigenvalue weighted by molar-refractivity contribution is -0.870. The first-order valence-electron chi connectivity index (χ1n) is 31.3. The van der Waals surface area contributed by atoms with Crippen molar-refractivity contribution in [2.45, 2.75) is 270 Å². The van der Waals surface area contributed by atoms with Gasteiger partial charge in [-0.15, -0.1) is 0 Å². The molecule has 0 aliphatic heterocycles. The monoisotopic (exact) mass is 1090 g/mol. The Bertz CT molecular complexity index is 1640. The van der Waals surface area contributed by atoms with Gasteiger partial charge in [-0.1, -0.05) is 245 Å². The summed E-state index contributed by atoms with van der Waals surface area (Å²) < 4.78 is 23.2. The molecular weight excluding hydrogens is 976 g/mol. The van der Waals surface area contributed by atoms with Crippen LogP contribution < -0.4 is 10.2 Å². The predicted molar refractivity (Wildman–Crippen MR) is 331 cm³/mol. The van der Waals surface area contributed by atoms with Gasteiger partial charge in [0, 0.05) is 6.42 Å². The molecule has 0 rings (SSSR count). The summed E-state index contributed by atoms with van der Waals surface area (Å²) in [4.78, 5) is 25.5. The number of unbranched alkanes of at least 4 members (excludes halogenated alkanes) is 25. The van der Waals surface area contributed by atoms with Crippen LogP contribution >= 0.6 is 7.82 Å². The number of carbonyl (C=O) groups excluding carboxylic acids is 1. The Morgan fingerprint density at radius 1 is 0.494 bits per heavy atom. The number of amides is 1. The number of phosphoric ester groups is 1. The van der Waals surface area contributed by atoms with Gasteiger partial charge in [0.05, 0.1) is 39.9 Å². The molecule has 77 heavy (non-hydrogen) atoms. The Hall–Kier alpha value is -2.88. The van der Waals surface area contributed by atoms with Gasteiger partial charge in [0.2, 0.25) is 5.91 Å². The van der Waals surface area contributed by atoms with Crippen molar-refractivity contribution in [1.29, 1.82) is 0 Å². The fraction of sp³-hybridized carbons (Fsp3) is 0.716. The summed E-state index contributed by atoms with van der Waals surface area (Å²) in [5.74, 6) is -0.295. The van der Waals surface area contributed by atoms with Gasteiger partial charge in [-0.05, 0) is 110 Å². The van der Waals surface area contributed by atoms with Crippen molar-refractivity contribution in [2.75, 3.05) is 40.9 Å². The minimum Gasteiger partial charge on any atom is -0.756 e. The zero-order valence-corrected chi connectivity index (χ0v) is 51.1. The smallest absolute Gasteiger partial charge is 0.268 e. The van der Waals surface area contributed by atoms with Crippen LogP contribution in [0.15, 0.2) is 109 Å². The van der Waals surface area contributed by atoms with Gasteiger partial charge in [0.15, 0.2) is 0 Å². The highest BCUT2D eigenvalue weighted by atomic mass is 31.2.